The minimum atomic E-state index is 0.0970. The molecule has 2 aromatic rings. The molecular weight excluding hydrogens is 302 g/mol. The molecule has 0 aliphatic carbocycles. The second-order valence-electron chi connectivity index (χ2n) is 7.28. The number of pyridine rings is 1. The highest BCUT2D eigenvalue weighted by Crippen LogP contribution is 2.33. The average Bonchev–Trinajstić information content (AvgIpc) is 3.07. The van der Waals surface area contributed by atoms with E-state index in [0.29, 0.717) is 11.5 Å². The monoisotopic (exact) mass is 325 g/mol. The van der Waals surface area contributed by atoms with E-state index in [0.717, 1.165) is 43.9 Å². The standard InChI is InChI=1S/C18H23N5O/c1-12(2)8-16-20-21-17-9-14-5-6-15(11-22(16)17)23(14)18(24)13-4-3-7-19-10-13/h3-4,7,10,12,14-15H,5-6,8-9,11H2,1-2H3/t14-,15+/m0/s1. The molecule has 1 amide bonds. The van der Waals surface area contributed by atoms with Gasteiger partial charge in [-0.05, 0) is 30.9 Å². The quantitative estimate of drug-likeness (QED) is 0.867. The lowest BCUT2D eigenvalue weighted by Crippen LogP contribution is -2.42. The third-order valence-corrected chi connectivity index (χ3v) is 5.07. The van der Waals surface area contributed by atoms with Gasteiger partial charge in [0.05, 0.1) is 11.6 Å². The van der Waals surface area contributed by atoms with Gasteiger partial charge in [0.25, 0.3) is 5.91 Å². The first kappa shape index (κ1) is 15.3. The molecule has 4 heterocycles. The molecular formula is C18H23N5O. The van der Waals surface area contributed by atoms with Crippen LogP contribution >= 0.6 is 0 Å². The maximum absolute atomic E-state index is 13.0. The molecule has 0 N–H and O–H groups in total. The molecule has 126 valence electrons. The second kappa shape index (κ2) is 6.00. The van der Waals surface area contributed by atoms with Gasteiger partial charge in [0.15, 0.2) is 0 Å². The van der Waals surface area contributed by atoms with Crippen molar-refractivity contribution in [2.75, 3.05) is 0 Å². The van der Waals surface area contributed by atoms with E-state index in [4.69, 9.17) is 0 Å². The lowest BCUT2D eigenvalue weighted by molar-refractivity contribution is 0.0664. The Labute approximate surface area is 141 Å². The normalized spacial score (nSPS) is 22.5. The topological polar surface area (TPSA) is 63.9 Å². The summed E-state index contributed by atoms with van der Waals surface area (Å²) >= 11 is 0. The number of nitrogens with zero attached hydrogens (tertiary/aromatic N) is 5. The number of hydrogen-bond donors (Lipinski definition) is 0. The Balaban J connectivity index is 1.63. The lowest BCUT2D eigenvalue weighted by Gasteiger charge is -2.28. The van der Waals surface area contributed by atoms with Gasteiger partial charge in [-0.2, -0.15) is 0 Å². The van der Waals surface area contributed by atoms with E-state index in [2.05, 4.69) is 38.5 Å². The highest BCUT2D eigenvalue weighted by molar-refractivity contribution is 5.94. The lowest BCUT2D eigenvalue weighted by atomic mass is 10.1. The molecule has 24 heavy (non-hydrogen) atoms. The van der Waals surface area contributed by atoms with E-state index >= 15 is 0 Å². The zero-order valence-corrected chi connectivity index (χ0v) is 14.2. The maximum Gasteiger partial charge on any atom is 0.255 e. The van der Waals surface area contributed by atoms with Crippen molar-refractivity contribution in [3.05, 3.63) is 41.7 Å². The van der Waals surface area contributed by atoms with Crippen LogP contribution in [0.4, 0.5) is 0 Å². The summed E-state index contributed by atoms with van der Waals surface area (Å²) in [6.07, 6.45) is 7.19. The molecule has 1 fully saturated rings. The van der Waals surface area contributed by atoms with Crippen LogP contribution < -0.4 is 0 Å². The van der Waals surface area contributed by atoms with Crippen molar-refractivity contribution in [1.29, 1.82) is 0 Å². The van der Waals surface area contributed by atoms with Crippen molar-refractivity contribution in [2.45, 2.75) is 58.2 Å². The molecule has 6 heteroatoms. The number of hydrogen-bond acceptors (Lipinski definition) is 4. The van der Waals surface area contributed by atoms with Gasteiger partial charge in [0.2, 0.25) is 0 Å². The number of fused-ring (bicyclic) bond motifs is 3. The van der Waals surface area contributed by atoms with Gasteiger partial charge < -0.3 is 9.47 Å². The molecule has 2 aliphatic rings. The molecule has 0 saturated carbocycles. The highest BCUT2D eigenvalue weighted by atomic mass is 16.2. The largest absolute Gasteiger partial charge is 0.330 e. The van der Waals surface area contributed by atoms with Crippen molar-refractivity contribution in [3.63, 3.8) is 0 Å². The van der Waals surface area contributed by atoms with Gasteiger partial charge in [-0.25, -0.2) is 0 Å². The highest BCUT2D eigenvalue weighted by Gasteiger charge is 2.41. The second-order valence-corrected chi connectivity index (χ2v) is 7.28. The molecule has 0 radical (unpaired) electrons. The van der Waals surface area contributed by atoms with Gasteiger partial charge in [-0.15, -0.1) is 10.2 Å². The first-order chi connectivity index (χ1) is 11.6. The summed E-state index contributed by atoms with van der Waals surface area (Å²) in [5, 5.41) is 8.82. The Morgan fingerprint density at radius 1 is 1.29 bits per heavy atom. The van der Waals surface area contributed by atoms with Crippen LogP contribution in [0.25, 0.3) is 0 Å². The zero-order chi connectivity index (χ0) is 16.7. The summed E-state index contributed by atoms with van der Waals surface area (Å²) < 4.78 is 2.26. The summed E-state index contributed by atoms with van der Waals surface area (Å²) in [6.45, 7) is 5.21. The van der Waals surface area contributed by atoms with Gasteiger partial charge >= 0.3 is 0 Å². The van der Waals surface area contributed by atoms with E-state index in [1.165, 1.54) is 0 Å². The minimum Gasteiger partial charge on any atom is -0.330 e. The third kappa shape index (κ3) is 2.60. The van der Waals surface area contributed by atoms with Crippen LogP contribution in [0, 0.1) is 5.92 Å². The number of carbonyl (C=O) groups is 1. The average molecular weight is 325 g/mol. The molecule has 6 nitrogen and oxygen atoms in total. The van der Waals surface area contributed by atoms with Crippen LogP contribution in [0.1, 0.15) is 48.7 Å². The third-order valence-electron chi connectivity index (χ3n) is 5.07. The van der Waals surface area contributed by atoms with E-state index in [-0.39, 0.29) is 18.0 Å². The Morgan fingerprint density at radius 2 is 2.12 bits per heavy atom. The number of carbonyl (C=O) groups excluding carboxylic acids is 1. The van der Waals surface area contributed by atoms with Crippen LogP contribution in [-0.2, 0) is 19.4 Å². The SMILES string of the molecule is CC(C)Cc1nnc2n1C[C@H]1CC[C@@H](C2)N1C(=O)c1cccnc1. The van der Waals surface area contributed by atoms with Crippen molar-refractivity contribution >= 4 is 5.91 Å². The van der Waals surface area contributed by atoms with E-state index in [9.17, 15) is 4.79 Å². The van der Waals surface area contributed by atoms with E-state index < -0.39 is 0 Å². The molecule has 2 bridgehead atoms. The van der Waals surface area contributed by atoms with Crippen molar-refractivity contribution in [1.82, 2.24) is 24.6 Å². The number of aromatic nitrogens is 4. The van der Waals surface area contributed by atoms with Gasteiger partial charge in [0.1, 0.15) is 11.6 Å². The van der Waals surface area contributed by atoms with Crippen molar-refractivity contribution < 1.29 is 4.79 Å². The maximum atomic E-state index is 13.0. The minimum absolute atomic E-state index is 0.0970. The summed E-state index contributed by atoms with van der Waals surface area (Å²) in [7, 11) is 0. The van der Waals surface area contributed by atoms with Gasteiger partial charge in [-0.1, -0.05) is 13.8 Å². The first-order valence-electron chi connectivity index (χ1n) is 8.77. The molecule has 2 aromatic heterocycles. The van der Waals surface area contributed by atoms with Gasteiger partial charge in [-0.3, -0.25) is 9.78 Å². The Morgan fingerprint density at radius 3 is 2.88 bits per heavy atom. The van der Waals surface area contributed by atoms with Gasteiger partial charge in [0, 0.05) is 37.8 Å². The molecule has 4 rings (SSSR count). The molecule has 2 aliphatic heterocycles. The predicted molar refractivity (Wildman–Crippen MR) is 89.5 cm³/mol. The molecule has 2 atom stereocenters. The van der Waals surface area contributed by atoms with E-state index in [1.807, 2.05) is 12.1 Å². The fourth-order valence-electron chi connectivity index (χ4n) is 3.98. The Kier molecular flexibility index (Phi) is 3.82. The summed E-state index contributed by atoms with van der Waals surface area (Å²) in [6, 6.07) is 4.12. The van der Waals surface area contributed by atoms with Crippen LogP contribution in [0.15, 0.2) is 24.5 Å². The smallest absolute Gasteiger partial charge is 0.255 e. The van der Waals surface area contributed by atoms with E-state index in [1.54, 1.807) is 12.4 Å². The first-order valence-corrected chi connectivity index (χ1v) is 8.77. The summed E-state index contributed by atoms with van der Waals surface area (Å²) in [4.78, 5) is 19.2. The molecule has 0 unspecified atom stereocenters. The van der Waals surface area contributed by atoms with Crippen LogP contribution in [-0.4, -0.2) is 42.6 Å². The number of rotatable bonds is 3. The number of amides is 1. The van der Waals surface area contributed by atoms with Crippen LogP contribution in [0.5, 0.6) is 0 Å². The fraction of sp³-hybridized carbons (Fsp3) is 0.556. The molecule has 0 spiro atoms. The Bertz CT molecular complexity index is 739. The van der Waals surface area contributed by atoms with Crippen molar-refractivity contribution in [3.8, 4) is 0 Å². The van der Waals surface area contributed by atoms with Crippen LogP contribution in [0.3, 0.4) is 0 Å². The predicted octanol–water partition coefficient (Wildman–Crippen LogP) is 2.10. The molecule has 1 saturated heterocycles. The summed E-state index contributed by atoms with van der Waals surface area (Å²) in [5.74, 6) is 2.73. The van der Waals surface area contributed by atoms with Crippen molar-refractivity contribution in [2.24, 2.45) is 5.92 Å². The fourth-order valence-corrected chi connectivity index (χ4v) is 3.98. The zero-order valence-electron chi connectivity index (χ0n) is 14.2. The molecule has 0 aromatic carbocycles. The Hall–Kier alpha value is -2.24. The van der Waals surface area contributed by atoms with Crippen LogP contribution in [0.2, 0.25) is 0 Å². The summed E-state index contributed by atoms with van der Waals surface area (Å²) in [5.41, 5.74) is 0.675.